The molecule has 0 aliphatic heterocycles. The molecule has 0 bridgehead atoms. The van der Waals surface area contributed by atoms with Crippen molar-refractivity contribution in [2.24, 2.45) is 5.92 Å². The van der Waals surface area contributed by atoms with Crippen LogP contribution in [0.3, 0.4) is 0 Å². The number of ether oxygens (including phenoxy) is 1. The quantitative estimate of drug-likeness (QED) is 0.411. The number of amides is 1. The lowest BCUT2D eigenvalue weighted by molar-refractivity contribution is -0.138. The van der Waals surface area contributed by atoms with E-state index in [0.717, 1.165) is 22.3 Å². The number of nitrogens with zero attached hydrogens (tertiary/aromatic N) is 2. The molecule has 0 fully saturated rings. The Morgan fingerprint density at radius 2 is 1.78 bits per heavy atom. The molecule has 0 spiro atoms. The van der Waals surface area contributed by atoms with E-state index in [4.69, 9.17) is 4.74 Å². The van der Waals surface area contributed by atoms with Crippen LogP contribution in [0.4, 0.5) is 0 Å². The monoisotopic (exact) mass is 505 g/mol. The Kier molecular flexibility index (Phi) is 8.86. The third-order valence-corrected chi connectivity index (χ3v) is 6.35. The van der Waals surface area contributed by atoms with Crippen molar-refractivity contribution in [3.8, 4) is 17.0 Å². The molecule has 3 rings (SSSR count). The van der Waals surface area contributed by atoms with Gasteiger partial charge in [0.15, 0.2) is 0 Å². The molecule has 0 aliphatic rings. The maximum absolute atomic E-state index is 13.6. The fraction of sp³-hybridized carbons (Fsp3) is 0.379. The molecule has 2 N–H and O–H groups in total. The summed E-state index contributed by atoms with van der Waals surface area (Å²) in [5.41, 5.74) is 4.76. The maximum Gasteiger partial charge on any atom is 0.305 e. The number of aromatic nitrogens is 2. The Hall–Kier alpha value is -3.94. The largest absolute Gasteiger partial charge is 0.481 e. The van der Waals surface area contributed by atoms with Crippen LogP contribution in [0.5, 0.6) is 5.88 Å². The van der Waals surface area contributed by atoms with Crippen LogP contribution in [-0.4, -0.2) is 33.6 Å². The fourth-order valence-corrected chi connectivity index (χ4v) is 4.57. The fourth-order valence-electron chi connectivity index (χ4n) is 4.57. The molecular formula is C29H35N3O5. The summed E-state index contributed by atoms with van der Waals surface area (Å²) >= 11 is 0. The Labute approximate surface area is 217 Å². The molecule has 37 heavy (non-hydrogen) atoms. The summed E-state index contributed by atoms with van der Waals surface area (Å²) in [4.78, 5) is 42.5. The summed E-state index contributed by atoms with van der Waals surface area (Å²) in [6, 6.07) is 9.38. The van der Waals surface area contributed by atoms with Crippen molar-refractivity contribution in [3.63, 3.8) is 0 Å². The van der Waals surface area contributed by atoms with E-state index >= 15 is 0 Å². The number of methoxy groups -OCH3 is 1. The number of carboxylic acid groups (broad SMARTS) is 1. The molecule has 1 unspecified atom stereocenters. The summed E-state index contributed by atoms with van der Waals surface area (Å²) in [5.74, 6) is -0.955. The number of hydrogen-bond donors (Lipinski definition) is 2. The van der Waals surface area contributed by atoms with Gasteiger partial charge in [-0.15, -0.1) is 0 Å². The molecule has 0 radical (unpaired) electrons. The Morgan fingerprint density at radius 1 is 1.11 bits per heavy atom. The van der Waals surface area contributed by atoms with Gasteiger partial charge in [-0.25, -0.2) is 4.98 Å². The van der Waals surface area contributed by atoms with Crippen LogP contribution in [0, 0.1) is 26.7 Å². The number of carbonyl (C=O) groups excluding carboxylic acids is 1. The first-order valence-corrected chi connectivity index (χ1v) is 12.3. The number of benzene rings is 1. The average Bonchev–Trinajstić information content (AvgIpc) is 2.82. The van der Waals surface area contributed by atoms with Crippen molar-refractivity contribution < 1.29 is 19.4 Å². The van der Waals surface area contributed by atoms with E-state index in [-0.39, 0.29) is 17.9 Å². The second-order valence-electron chi connectivity index (χ2n) is 9.85. The Balaban J connectivity index is 2.05. The minimum atomic E-state index is -1.07. The molecule has 2 atom stereocenters. The van der Waals surface area contributed by atoms with E-state index in [0.29, 0.717) is 23.4 Å². The smallest absolute Gasteiger partial charge is 0.305 e. The number of aliphatic carboxylic acids is 1. The van der Waals surface area contributed by atoms with Gasteiger partial charge in [-0.3, -0.25) is 14.4 Å². The van der Waals surface area contributed by atoms with Gasteiger partial charge in [0.25, 0.3) is 5.56 Å². The summed E-state index contributed by atoms with van der Waals surface area (Å²) in [7, 11) is 1.53. The van der Waals surface area contributed by atoms with Gasteiger partial charge >= 0.3 is 5.97 Å². The zero-order chi connectivity index (χ0) is 27.3. The number of carbonyl (C=O) groups is 2. The summed E-state index contributed by atoms with van der Waals surface area (Å²) < 4.78 is 6.93. The molecule has 0 saturated heterocycles. The molecule has 0 aliphatic carbocycles. The maximum atomic E-state index is 13.6. The number of pyridine rings is 2. The van der Waals surface area contributed by atoms with E-state index in [2.05, 4.69) is 10.3 Å². The van der Waals surface area contributed by atoms with Gasteiger partial charge in [0.05, 0.1) is 19.6 Å². The number of carboxylic acids is 1. The summed E-state index contributed by atoms with van der Waals surface area (Å²) in [5, 5.41) is 12.6. The van der Waals surface area contributed by atoms with Crippen LogP contribution >= 0.6 is 0 Å². The first kappa shape index (κ1) is 27.6. The molecule has 8 nitrogen and oxygen atoms in total. The number of rotatable bonds is 10. The van der Waals surface area contributed by atoms with Crippen LogP contribution in [0.25, 0.3) is 11.1 Å². The first-order valence-electron chi connectivity index (χ1n) is 12.3. The van der Waals surface area contributed by atoms with Gasteiger partial charge in [-0.1, -0.05) is 32.0 Å². The second kappa shape index (κ2) is 11.9. The second-order valence-corrected chi connectivity index (χ2v) is 9.85. The van der Waals surface area contributed by atoms with Crippen molar-refractivity contribution >= 4 is 11.9 Å². The van der Waals surface area contributed by atoms with Crippen LogP contribution in [0.1, 0.15) is 61.0 Å². The summed E-state index contributed by atoms with van der Waals surface area (Å²) in [6.45, 7) is 9.73. The average molecular weight is 506 g/mol. The predicted molar refractivity (Wildman–Crippen MR) is 143 cm³/mol. The minimum Gasteiger partial charge on any atom is -0.481 e. The van der Waals surface area contributed by atoms with Crippen molar-refractivity contribution in [3.05, 3.63) is 81.4 Å². The van der Waals surface area contributed by atoms with Gasteiger partial charge < -0.3 is 19.7 Å². The van der Waals surface area contributed by atoms with Gasteiger partial charge in [-0.05, 0) is 73.1 Å². The molecule has 196 valence electrons. The van der Waals surface area contributed by atoms with Crippen molar-refractivity contribution in [1.29, 1.82) is 0 Å². The number of aryl methyl sites for hydroxylation is 3. The van der Waals surface area contributed by atoms with Crippen LogP contribution in [0.15, 0.2) is 53.6 Å². The molecule has 2 aromatic heterocycles. The third-order valence-electron chi connectivity index (χ3n) is 6.35. The van der Waals surface area contributed by atoms with Crippen LogP contribution < -0.4 is 15.6 Å². The van der Waals surface area contributed by atoms with Crippen LogP contribution in [-0.2, 0) is 9.59 Å². The minimum absolute atomic E-state index is 0.125. The lowest BCUT2D eigenvalue weighted by atomic mass is 9.93. The van der Waals surface area contributed by atoms with E-state index in [1.165, 1.54) is 23.9 Å². The SMILES string of the molecule is COc1ncc(C(CC(=O)O)NC(=O)[C@H](CC(C)C)n2ccc(C)cc2=O)cc1-c1c(C)cccc1C. The van der Waals surface area contributed by atoms with E-state index in [1.807, 2.05) is 58.9 Å². The number of hydrogen-bond acceptors (Lipinski definition) is 5. The van der Waals surface area contributed by atoms with Gasteiger partial charge in [0.2, 0.25) is 11.8 Å². The Bertz CT molecular complexity index is 1330. The highest BCUT2D eigenvalue weighted by Crippen LogP contribution is 2.35. The first-order chi connectivity index (χ1) is 17.5. The van der Waals surface area contributed by atoms with E-state index in [9.17, 15) is 19.5 Å². The molecule has 3 aromatic rings. The normalized spacial score (nSPS) is 12.7. The van der Waals surface area contributed by atoms with E-state index in [1.54, 1.807) is 12.3 Å². The molecule has 2 heterocycles. The van der Waals surface area contributed by atoms with Gasteiger partial charge in [0, 0.05) is 24.0 Å². The van der Waals surface area contributed by atoms with Crippen LogP contribution in [0.2, 0.25) is 0 Å². The zero-order valence-electron chi connectivity index (χ0n) is 22.2. The predicted octanol–water partition coefficient (Wildman–Crippen LogP) is 4.76. The highest BCUT2D eigenvalue weighted by Gasteiger charge is 2.28. The van der Waals surface area contributed by atoms with Gasteiger partial charge in [0.1, 0.15) is 6.04 Å². The third kappa shape index (κ3) is 6.64. The highest BCUT2D eigenvalue weighted by atomic mass is 16.5. The van der Waals surface area contributed by atoms with Crippen molar-refractivity contribution in [2.75, 3.05) is 7.11 Å². The van der Waals surface area contributed by atoms with E-state index < -0.39 is 24.0 Å². The van der Waals surface area contributed by atoms with Crippen molar-refractivity contribution in [2.45, 2.75) is 59.5 Å². The standard InChI is InChI=1S/C29H35N3O5/c1-17(2)12-24(32-11-10-18(3)13-25(32)33)28(36)31-23(15-26(34)35)21-14-22(29(37-6)30-16-21)27-19(4)8-7-9-20(27)5/h7-11,13-14,16-17,23-24H,12,15H2,1-6H3,(H,31,36)(H,34,35)/t23?,24-/m0/s1. The number of nitrogens with one attached hydrogen (secondary N) is 1. The lowest BCUT2D eigenvalue weighted by Crippen LogP contribution is -2.40. The molecule has 1 aromatic carbocycles. The molecular weight excluding hydrogens is 470 g/mol. The van der Waals surface area contributed by atoms with Gasteiger partial charge in [-0.2, -0.15) is 0 Å². The molecule has 1 amide bonds. The Morgan fingerprint density at radius 3 is 2.35 bits per heavy atom. The zero-order valence-corrected chi connectivity index (χ0v) is 22.2. The lowest BCUT2D eigenvalue weighted by Gasteiger charge is -2.25. The molecule has 8 heteroatoms. The highest BCUT2D eigenvalue weighted by molar-refractivity contribution is 5.82. The topological polar surface area (TPSA) is 111 Å². The summed E-state index contributed by atoms with van der Waals surface area (Å²) in [6.07, 6.45) is 3.22. The van der Waals surface area contributed by atoms with Crippen molar-refractivity contribution in [1.82, 2.24) is 14.9 Å². The molecule has 0 saturated carbocycles.